The van der Waals surface area contributed by atoms with Gasteiger partial charge >= 0.3 is 0 Å². The monoisotopic (exact) mass is 457 g/mol. The van der Waals surface area contributed by atoms with Crippen molar-refractivity contribution < 1.29 is 17.9 Å². The van der Waals surface area contributed by atoms with Crippen molar-refractivity contribution in [3.63, 3.8) is 0 Å². The summed E-state index contributed by atoms with van der Waals surface area (Å²) in [7, 11) is -3.58. The lowest BCUT2D eigenvalue weighted by atomic mass is 9.90. The Hall–Kier alpha value is -2.05. The topological polar surface area (TPSA) is 64.6 Å². The molecule has 2 aromatic carbocycles. The van der Waals surface area contributed by atoms with E-state index in [1.165, 1.54) is 51.4 Å². The van der Waals surface area contributed by atoms with E-state index in [-0.39, 0.29) is 11.4 Å². The molecular weight excluding hydrogens is 422 g/mol. The zero-order chi connectivity index (χ0) is 22.2. The highest BCUT2D eigenvalue weighted by Crippen LogP contribution is 2.26. The van der Waals surface area contributed by atoms with E-state index in [4.69, 9.17) is 9.47 Å². The molecule has 4 rings (SSSR count). The third-order valence-corrected chi connectivity index (χ3v) is 8.01. The van der Waals surface area contributed by atoms with Crippen molar-refractivity contribution in [2.75, 3.05) is 6.61 Å². The molecule has 0 unspecified atom stereocenters. The van der Waals surface area contributed by atoms with Gasteiger partial charge in [0.05, 0.1) is 17.6 Å². The van der Waals surface area contributed by atoms with Crippen LogP contribution in [0.4, 0.5) is 0 Å². The molecule has 0 amide bonds. The molecule has 1 N–H and O–H groups in total. The van der Waals surface area contributed by atoms with Crippen molar-refractivity contribution in [2.24, 2.45) is 5.92 Å². The van der Waals surface area contributed by atoms with Gasteiger partial charge in [-0.1, -0.05) is 37.8 Å². The lowest BCUT2D eigenvalue weighted by molar-refractivity contribution is 0.155. The molecule has 2 aliphatic carbocycles. The normalized spacial score (nSPS) is 18.4. The Morgan fingerprint density at radius 2 is 1.34 bits per heavy atom. The maximum absolute atomic E-state index is 12.7. The summed E-state index contributed by atoms with van der Waals surface area (Å²) >= 11 is 0. The fraction of sp³-hybridized carbons (Fsp3) is 0.538. The molecule has 0 aliphatic heterocycles. The summed E-state index contributed by atoms with van der Waals surface area (Å²) in [5, 5.41) is 0. The Morgan fingerprint density at radius 3 is 2.00 bits per heavy atom. The highest BCUT2D eigenvalue weighted by atomic mass is 32.2. The highest BCUT2D eigenvalue weighted by molar-refractivity contribution is 7.89. The van der Waals surface area contributed by atoms with E-state index < -0.39 is 10.0 Å². The molecule has 0 saturated heterocycles. The first kappa shape index (κ1) is 23.1. The third-order valence-electron chi connectivity index (χ3n) is 6.59. The van der Waals surface area contributed by atoms with E-state index in [1.807, 2.05) is 24.3 Å². The fourth-order valence-corrected chi connectivity index (χ4v) is 5.62. The van der Waals surface area contributed by atoms with E-state index in [9.17, 15) is 8.42 Å². The van der Waals surface area contributed by atoms with Crippen LogP contribution < -0.4 is 14.2 Å². The minimum absolute atomic E-state index is 0.242. The van der Waals surface area contributed by atoms with Gasteiger partial charge in [0.2, 0.25) is 10.0 Å². The van der Waals surface area contributed by atoms with Crippen LogP contribution in [0.1, 0.15) is 69.8 Å². The maximum atomic E-state index is 12.7. The Morgan fingerprint density at radius 1 is 0.750 bits per heavy atom. The molecule has 0 heterocycles. The Labute approximate surface area is 192 Å². The van der Waals surface area contributed by atoms with Crippen LogP contribution in [0.2, 0.25) is 0 Å². The van der Waals surface area contributed by atoms with Gasteiger partial charge in [0.15, 0.2) is 0 Å². The maximum Gasteiger partial charge on any atom is 0.240 e. The van der Waals surface area contributed by atoms with Crippen molar-refractivity contribution >= 4 is 10.0 Å². The molecule has 2 fully saturated rings. The first-order valence-corrected chi connectivity index (χ1v) is 13.5. The first-order valence-electron chi connectivity index (χ1n) is 12.1. The standard InChI is InChI=1S/C26H35NO4S/c28-32(29,26-17-15-23(16-18-26)30-20-22-7-3-1-4-8-22)27-19-21-11-13-25(14-12-21)31-24-9-5-2-6-10-24/h11-18,22,24,27H,1-10,19-20H2. The van der Waals surface area contributed by atoms with Gasteiger partial charge in [-0.15, -0.1) is 0 Å². The van der Waals surface area contributed by atoms with Crippen LogP contribution in [-0.2, 0) is 16.6 Å². The second-order valence-electron chi connectivity index (χ2n) is 9.13. The van der Waals surface area contributed by atoms with Gasteiger partial charge in [-0.2, -0.15) is 0 Å². The quantitative estimate of drug-likeness (QED) is 0.514. The number of nitrogens with one attached hydrogen (secondary N) is 1. The average Bonchev–Trinajstić information content (AvgIpc) is 2.84. The molecule has 2 aromatic rings. The van der Waals surface area contributed by atoms with Crippen molar-refractivity contribution in [3.8, 4) is 11.5 Å². The Kier molecular flexibility index (Phi) is 8.09. The largest absolute Gasteiger partial charge is 0.493 e. The lowest BCUT2D eigenvalue weighted by Crippen LogP contribution is -2.23. The van der Waals surface area contributed by atoms with Crippen molar-refractivity contribution in [1.29, 1.82) is 0 Å². The molecule has 2 aliphatic rings. The van der Waals surface area contributed by atoms with E-state index >= 15 is 0 Å². The smallest absolute Gasteiger partial charge is 0.240 e. The van der Waals surface area contributed by atoms with Gasteiger partial charge in [0.25, 0.3) is 0 Å². The van der Waals surface area contributed by atoms with E-state index in [0.717, 1.165) is 29.9 Å². The Bertz CT molecular complexity index is 929. The van der Waals surface area contributed by atoms with Crippen LogP contribution in [0.15, 0.2) is 53.4 Å². The van der Waals surface area contributed by atoms with Crippen LogP contribution >= 0.6 is 0 Å². The molecule has 0 spiro atoms. The number of hydrogen-bond acceptors (Lipinski definition) is 4. The SMILES string of the molecule is O=S(=O)(NCc1ccc(OC2CCCCC2)cc1)c1ccc(OCC2CCCCC2)cc1. The van der Waals surface area contributed by atoms with Crippen LogP contribution in [0.3, 0.4) is 0 Å². The molecular formula is C26H35NO4S. The van der Waals surface area contributed by atoms with Gasteiger partial charge < -0.3 is 9.47 Å². The van der Waals surface area contributed by atoms with Crippen LogP contribution in [0.25, 0.3) is 0 Å². The highest BCUT2D eigenvalue weighted by Gasteiger charge is 2.17. The van der Waals surface area contributed by atoms with Crippen LogP contribution in [0.5, 0.6) is 11.5 Å². The van der Waals surface area contributed by atoms with E-state index in [0.29, 0.717) is 18.6 Å². The van der Waals surface area contributed by atoms with Gasteiger partial charge in [-0.25, -0.2) is 13.1 Å². The van der Waals surface area contributed by atoms with Gasteiger partial charge in [-0.05, 0) is 86.4 Å². The molecule has 2 saturated carbocycles. The van der Waals surface area contributed by atoms with Gasteiger partial charge in [-0.3, -0.25) is 0 Å². The zero-order valence-electron chi connectivity index (χ0n) is 18.8. The molecule has 0 aromatic heterocycles. The molecule has 6 heteroatoms. The predicted molar refractivity (Wildman–Crippen MR) is 126 cm³/mol. The molecule has 0 atom stereocenters. The van der Waals surface area contributed by atoms with Gasteiger partial charge in [0.1, 0.15) is 11.5 Å². The zero-order valence-corrected chi connectivity index (χ0v) is 19.6. The summed E-state index contributed by atoms with van der Waals surface area (Å²) in [6.45, 7) is 0.955. The second kappa shape index (κ2) is 11.2. The molecule has 32 heavy (non-hydrogen) atoms. The first-order chi connectivity index (χ1) is 15.6. The number of ether oxygens (including phenoxy) is 2. The number of sulfonamides is 1. The third kappa shape index (κ3) is 6.72. The molecule has 5 nitrogen and oxygen atoms in total. The van der Waals surface area contributed by atoms with Crippen molar-refractivity contribution in [3.05, 3.63) is 54.1 Å². The van der Waals surface area contributed by atoms with Crippen LogP contribution in [-0.4, -0.2) is 21.1 Å². The number of rotatable bonds is 9. The van der Waals surface area contributed by atoms with Crippen molar-refractivity contribution in [2.45, 2.75) is 81.8 Å². The molecule has 174 valence electrons. The molecule has 0 bridgehead atoms. The Balaban J connectivity index is 1.26. The summed E-state index contributed by atoms with van der Waals surface area (Å²) in [4.78, 5) is 0.250. The summed E-state index contributed by atoms with van der Waals surface area (Å²) in [5.74, 6) is 2.20. The summed E-state index contributed by atoms with van der Waals surface area (Å²) in [5.41, 5.74) is 0.900. The van der Waals surface area contributed by atoms with E-state index in [1.54, 1.807) is 24.3 Å². The van der Waals surface area contributed by atoms with Crippen molar-refractivity contribution in [1.82, 2.24) is 4.72 Å². The number of benzene rings is 2. The predicted octanol–water partition coefficient (Wildman–Crippen LogP) is 5.84. The number of hydrogen-bond donors (Lipinski definition) is 1. The average molecular weight is 458 g/mol. The summed E-state index contributed by atoms with van der Waals surface area (Å²) < 4.78 is 40.0. The summed E-state index contributed by atoms with van der Waals surface area (Å²) in [6, 6.07) is 14.4. The summed E-state index contributed by atoms with van der Waals surface area (Å²) in [6.07, 6.45) is 12.7. The van der Waals surface area contributed by atoms with E-state index in [2.05, 4.69) is 4.72 Å². The lowest BCUT2D eigenvalue weighted by Gasteiger charge is -2.23. The minimum Gasteiger partial charge on any atom is -0.493 e. The van der Waals surface area contributed by atoms with Gasteiger partial charge in [0, 0.05) is 6.54 Å². The minimum atomic E-state index is -3.58. The molecule has 0 radical (unpaired) electrons. The fourth-order valence-electron chi connectivity index (χ4n) is 4.61. The van der Waals surface area contributed by atoms with Crippen LogP contribution in [0, 0.1) is 5.92 Å². The second-order valence-corrected chi connectivity index (χ2v) is 10.9.